The zero-order valence-corrected chi connectivity index (χ0v) is 17.2. The smallest absolute Gasteiger partial charge is 0.233 e. The van der Waals surface area contributed by atoms with Crippen LogP contribution in [0, 0.1) is 0 Å². The summed E-state index contributed by atoms with van der Waals surface area (Å²) in [5.41, 5.74) is 1.60. The van der Waals surface area contributed by atoms with Crippen molar-refractivity contribution in [3.05, 3.63) is 65.6 Å². The van der Waals surface area contributed by atoms with Crippen LogP contribution >= 0.6 is 0 Å². The van der Waals surface area contributed by atoms with Crippen molar-refractivity contribution in [1.82, 2.24) is 19.9 Å². The van der Waals surface area contributed by atoms with Gasteiger partial charge in [-0.05, 0) is 37.0 Å². The number of carbonyl (C=O) groups excluding carboxylic acids is 1. The first kappa shape index (κ1) is 19.9. The number of benzene rings is 1. The van der Waals surface area contributed by atoms with Crippen LogP contribution in [-0.4, -0.2) is 38.8 Å². The minimum atomic E-state index is 0.0468. The van der Waals surface area contributed by atoms with Crippen LogP contribution in [-0.2, 0) is 12.8 Å². The monoisotopic (exact) mass is 402 g/mol. The predicted octanol–water partition coefficient (Wildman–Crippen LogP) is 3.99. The third-order valence-electron chi connectivity index (χ3n) is 5.15. The number of aryl methyl sites for hydroxylation is 1. The average Bonchev–Trinajstić information content (AvgIpc) is 2.80. The largest absolute Gasteiger partial charge is 0.341 e. The summed E-state index contributed by atoms with van der Waals surface area (Å²) < 4.78 is 0. The molecule has 3 heterocycles. The first-order valence-electron chi connectivity index (χ1n) is 10.5. The van der Waals surface area contributed by atoms with E-state index in [1.54, 1.807) is 18.3 Å². The number of nitrogens with one attached hydrogen (secondary N) is 1. The van der Waals surface area contributed by atoms with Crippen molar-refractivity contribution in [3.8, 4) is 0 Å². The van der Waals surface area contributed by atoms with Gasteiger partial charge in [0, 0.05) is 37.7 Å². The van der Waals surface area contributed by atoms with Crippen LogP contribution in [0.25, 0.3) is 0 Å². The second-order valence-electron chi connectivity index (χ2n) is 7.42. The number of Topliss-reactive ketones (excluding diaryl/α,β-unsaturated/α-hetero) is 1. The van der Waals surface area contributed by atoms with E-state index in [1.807, 2.05) is 37.3 Å². The number of ketones is 1. The Hall–Kier alpha value is -3.35. The van der Waals surface area contributed by atoms with Gasteiger partial charge in [-0.25, -0.2) is 4.98 Å². The Morgan fingerprint density at radius 2 is 1.83 bits per heavy atom. The van der Waals surface area contributed by atoms with E-state index in [-0.39, 0.29) is 5.78 Å². The Morgan fingerprint density at radius 1 is 1.03 bits per heavy atom. The van der Waals surface area contributed by atoms with Gasteiger partial charge < -0.3 is 10.2 Å². The van der Waals surface area contributed by atoms with E-state index in [9.17, 15) is 4.79 Å². The SMILES string of the molecule is CCc1nc(Nc2cc(C(=O)Cc3ccccc3)ccn2)nc(N2CCCCC2)n1. The topological polar surface area (TPSA) is 83.9 Å². The molecule has 1 aliphatic heterocycles. The quantitative estimate of drug-likeness (QED) is 0.598. The fourth-order valence-corrected chi connectivity index (χ4v) is 3.53. The van der Waals surface area contributed by atoms with Crippen molar-refractivity contribution in [2.75, 3.05) is 23.3 Å². The molecule has 0 amide bonds. The molecule has 1 aromatic carbocycles. The maximum absolute atomic E-state index is 12.7. The maximum atomic E-state index is 12.7. The summed E-state index contributed by atoms with van der Waals surface area (Å²) in [5, 5.41) is 3.17. The van der Waals surface area contributed by atoms with Gasteiger partial charge in [0.05, 0.1) is 0 Å². The highest BCUT2D eigenvalue weighted by Crippen LogP contribution is 2.19. The Morgan fingerprint density at radius 3 is 2.60 bits per heavy atom. The summed E-state index contributed by atoms with van der Waals surface area (Å²) in [6, 6.07) is 13.2. The van der Waals surface area contributed by atoms with Crippen LogP contribution in [0.15, 0.2) is 48.7 Å². The molecule has 30 heavy (non-hydrogen) atoms. The summed E-state index contributed by atoms with van der Waals surface area (Å²) in [4.78, 5) is 32.9. The lowest BCUT2D eigenvalue weighted by Crippen LogP contribution is -2.31. The number of anilines is 3. The van der Waals surface area contributed by atoms with Gasteiger partial charge in [0.2, 0.25) is 11.9 Å². The Balaban J connectivity index is 1.52. The number of rotatable bonds is 7. The number of hydrogen-bond acceptors (Lipinski definition) is 7. The molecule has 154 valence electrons. The number of aromatic nitrogens is 4. The van der Waals surface area contributed by atoms with Gasteiger partial charge in [0.1, 0.15) is 11.6 Å². The minimum Gasteiger partial charge on any atom is -0.341 e. The molecule has 4 rings (SSSR count). The van der Waals surface area contributed by atoms with Gasteiger partial charge in [-0.2, -0.15) is 15.0 Å². The standard InChI is InChI=1S/C23H26N6O/c1-2-20-25-22(28-23(27-20)29-13-7-4-8-14-29)26-21-16-18(11-12-24-21)19(30)15-17-9-5-3-6-10-17/h3,5-6,9-12,16H,2,4,7-8,13-15H2,1H3,(H,24,25,26,27,28). The molecule has 1 N–H and O–H groups in total. The van der Waals surface area contributed by atoms with Crippen LogP contribution in [0.2, 0.25) is 0 Å². The molecule has 7 nitrogen and oxygen atoms in total. The van der Waals surface area contributed by atoms with E-state index in [4.69, 9.17) is 0 Å². The Labute approximate surface area is 176 Å². The lowest BCUT2D eigenvalue weighted by atomic mass is 10.0. The molecule has 7 heteroatoms. The summed E-state index contributed by atoms with van der Waals surface area (Å²) in [7, 11) is 0. The molecule has 1 aliphatic rings. The number of piperidine rings is 1. The highest BCUT2D eigenvalue weighted by Gasteiger charge is 2.16. The molecule has 0 atom stereocenters. The Kier molecular flexibility index (Phi) is 6.27. The molecule has 0 aliphatic carbocycles. The number of hydrogen-bond donors (Lipinski definition) is 1. The average molecular weight is 403 g/mol. The molecule has 0 radical (unpaired) electrons. The highest BCUT2D eigenvalue weighted by atomic mass is 16.1. The molecule has 1 saturated heterocycles. The zero-order chi connectivity index (χ0) is 20.8. The van der Waals surface area contributed by atoms with E-state index >= 15 is 0 Å². The number of pyridine rings is 1. The van der Waals surface area contributed by atoms with Crippen molar-refractivity contribution < 1.29 is 4.79 Å². The van der Waals surface area contributed by atoms with Crippen LogP contribution in [0.1, 0.15) is 47.9 Å². The maximum Gasteiger partial charge on any atom is 0.233 e. The van der Waals surface area contributed by atoms with Crippen molar-refractivity contribution in [2.24, 2.45) is 0 Å². The van der Waals surface area contributed by atoms with Gasteiger partial charge in [0.15, 0.2) is 5.78 Å². The summed E-state index contributed by atoms with van der Waals surface area (Å²) in [5.74, 6) is 2.50. The van der Waals surface area contributed by atoms with Crippen molar-refractivity contribution in [1.29, 1.82) is 0 Å². The van der Waals surface area contributed by atoms with E-state index in [2.05, 4.69) is 30.2 Å². The van der Waals surface area contributed by atoms with Crippen LogP contribution < -0.4 is 10.2 Å². The second kappa shape index (κ2) is 9.43. The Bertz CT molecular complexity index is 1000. The summed E-state index contributed by atoms with van der Waals surface area (Å²) in [6.07, 6.45) is 6.28. The first-order chi connectivity index (χ1) is 14.7. The second-order valence-corrected chi connectivity index (χ2v) is 7.42. The van der Waals surface area contributed by atoms with Gasteiger partial charge in [0.25, 0.3) is 0 Å². The van der Waals surface area contributed by atoms with Crippen LogP contribution in [0.4, 0.5) is 17.7 Å². The van der Waals surface area contributed by atoms with Gasteiger partial charge in [-0.1, -0.05) is 37.3 Å². The fraction of sp³-hybridized carbons (Fsp3) is 0.348. The highest BCUT2D eigenvalue weighted by molar-refractivity contribution is 5.98. The van der Waals surface area contributed by atoms with E-state index in [1.165, 1.54) is 6.42 Å². The fourth-order valence-electron chi connectivity index (χ4n) is 3.53. The summed E-state index contributed by atoms with van der Waals surface area (Å²) in [6.45, 7) is 3.96. The van der Waals surface area contributed by atoms with E-state index < -0.39 is 0 Å². The third kappa shape index (κ3) is 4.97. The lowest BCUT2D eigenvalue weighted by Gasteiger charge is -2.26. The van der Waals surface area contributed by atoms with Crippen LogP contribution in [0.3, 0.4) is 0 Å². The van der Waals surface area contributed by atoms with Crippen molar-refractivity contribution in [2.45, 2.75) is 39.0 Å². The van der Waals surface area contributed by atoms with E-state index in [0.717, 1.165) is 43.7 Å². The lowest BCUT2D eigenvalue weighted by molar-refractivity contribution is 0.0993. The number of nitrogens with zero attached hydrogens (tertiary/aromatic N) is 5. The van der Waals surface area contributed by atoms with Gasteiger partial charge in [-0.3, -0.25) is 4.79 Å². The molecule has 0 spiro atoms. The molecular formula is C23H26N6O. The van der Waals surface area contributed by atoms with E-state index in [0.29, 0.717) is 29.7 Å². The molecule has 0 unspecified atom stereocenters. The molecular weight excluding hydrogens is 376 g/mol. The number of carbonyl (C=O) groups is 1. The van der Waals surface area contributed by atoms with Crippen molar-refractivity contribution in [3.63, 3.8) is 0 Å². The normalized spacial score (nSPS) is 13.8. The van der Waals surface area contributed by atoms with Gasteiger partial charge >= 0.3 is 0 Å². The molecule has 3 aromatic rings. The molecule has 0 saturated carbocycles. The minimum absolute atomic E-state index is 0.0468. The molecule has 0 bridgehead atoms. The molecule has 1 fully saturated rings. The van der Waals surface area contributed by atoms with Crippen molar-refractivity contribution >= 4 is 23.5 Å². The third-order valence-corrected chi connectivity index (χ3v) is 5.15. The zero-order valence-electron chi connectivity index (χ0n) is 17.2. The summed E-state index contributed by atoms with van der Waals surface area (Å²) >= 11 is 0. The van der Waals surface area contributed by atoms with Gasteiger partial charge in [-0.15, -0.1) is 0 Å². The predicted molar refractivity (Wildman–Crippen MR) is 117 cm³/mol. The van der Waals surface area contributed by atoms with Crippen LogP contribution in [0.5, 0.6) is 0 Å². The molecule has 2 aromatic heterocycles. The first-order valence-corrected chi connectivity index (χ1v) is 10.5.